The smallest absolute Gasteiger partial charge is 0.159 e. The summed E-state index contributed by atoms with van der Waals surface area (Å²) in [6.07, 6.45) is 0. The van der Waals surface area contributed by atoms with Crippen LogP contribution in [0.3, 0.4) is 0 Å². The maximum absolute atomic E-state index is 13.0. The van der Waals surface area contributed by atoms with E-state index in [1.165, 1.54) is 6.07 Å². The molecule has 1 aromatic carbocycles. The van der Waals surface area contributed by atoms with Gasteiger partial charge in [-0.2, -0.15) is 0 Å². The van der Waals surface area contributed by atoms with E-state index < -0.39 is 17.7 Å². The van der Waals surface area contributed by atoms with Crippen molar-refractivity contribution >= 4 is 11.3 Å². The normalized spacial score (nSPS) is 12.8. The predicted molar refractivity (Wildman–Crippen MR) is 61.4 cm³/mol. The summed E-state index contributed by atoms with van der Waals surface area (Å²) in [5.74, 6) is -1.71. The second-order valence-corrected chi connectivity index (χ2v) is 4.92. The lowest BCUT2D eigenvalue weighted by molar-refractivity contribution is 0.506. The molecule has 0 radical (unpaired) electrons. The summed E-state index contributed by atoms with van der Waals surface area (Å²) in [5.41, 5.74) is 6.55. The second-order valence-electron chi connectivity index (χ2n) is 3.60. The first-order valence-electron chi connectivity index (χ1n) is 4.85. The van der Waals surface area contributed by atoms with Gasteiger partial charge < -0.3 is 5.73 Å². The van der Waals surface area contributed by atoms with Gasteiger partial charge in [0.05, 0.1) is 6.04 Å². The monoisotopic (exact) mass is 239 g/mol. The van der Waals surface area contributed by atoms with Crippen molar-refractivity contribution < 1.29 is 8.78 Å². The largest absolute Gasteiger partial charge is 0.320 e. The maximum Gasteiger partial charge on any atom is 0.159 e. The first kappa shape index (κ1) is 11.2. The van der Waals surface area contributed by atoms with Crippen molar-refractivity contribution in [3.05, 3.63) is 57.3 Å². The van der Waals surface area contributed by atoms with E-state index in [0.717, 1.165) is 21.9 Å². The molecule has 84 valence electrons. The lowest BCUT2D eigenvalue weighted by atomic mass is 10.1. The van der Waals surface area contributed by atoms with E-state index in [9.17, 15) is 8.78 Å². The van der Waals surface area contributed by atoms with Crippen LogP contribution in [0.5, 0.6) is 0 Å². The molecule has 1 unspecified atom stereocenters. The average molecular weight is 239 g/mol. The third-order valence-electron chi connectivity index (χ3n) is 2.37. The van der Waals surface area contributed by atoms with Gasteiger partial charge >= 0.3 is 0 Å². The Morgan fingerprint density at radius 2 is 1.88 bits per heavy atom. The highest BCUT2D eigenvalue weighted by Crippen LogP contribution is 2.26. The number of benzene rings is 1. The molecule has 2 N–H and O–H groups in total. The van der Waals surface area contributed by atoms with Gasteiger partial charge in [-0.25, -0.2) is 8.78 Å². The number of rotatable bonds is 2. The van der Waals surface area contributed by atoms with Crippen molar-refractivity contribution in [2.45, 2.75) is 13.0 Å². The first-order chi connectivity index (χ1) is 7.58. The van der Waals surface area contributed by atoms with Crippen LogP contribution in [0.25, 0.3) is 0 Å². The summed E-state index contributed by atoms with van der Waals surface area (Å²) < 4.78 is 25.8. The van der Waals surface area contributed by atoms with Crippen LogP contribution in [-0.2, 0) is 0 Å². The van der Waals surface area contributed by atoms with Crippen LogP contribution in [0.1, 0.15) is 21.4 Å². The fraction of sp³-hybridized carbons (Fsp3) is 0.167. The standard InChI is InChI=1S/C12H11F2NS/c1-7-2-5-11(16-7)12(15)8-3-4-9(13)10(14)6-8/h2-6,12H,15H2,1H3. The Balaban J connectivity index is 2.33. The molecule has 16 heavy (non-hydrogen) atoms. The molecule has 2 aromatic rings. The lowest BCUT2D eigenvalue weighted by Crippen LogP contribution is -2.10. The zero-order valence-electron chi connectivity index (χ0n) is 8.71. The molecule has 0 aliphatic carbocycles. The molecule has 0 saturated heterocycles. The lowest BCUT2D eigenvalue weighted by Gasteiger charge is -2.10. The quantitative estimate of drug-likeness (QED) is 0.854. The van der Waals surface area contributed by atoms with Gasteiger partial charge in [0.2, 0.25) is 0 Å². The maximum atomic E-state index is 13.0. The molecule has 0 bridgehead atoms. The Labute approximate surface area is 96.5 Å². The van der Waals surface area contributed by atoms with Gasteiger partial charge in [0.15, 0.2) is 11.6 Å². The van der Waals surface area contributed by atoms with Crippen molar-refractivity contribution in [1.29, 1.82) is 0 Å². The van der Waals surface area contributed by atoms with Crippen LogP contribution in [0.15, 0.2) is 30.3 Å². The zero-order valence-corrected chi connectivity index (χ0v) is 9.52. The Morgan fingerprint density at radius 1 is 1.12 bits per heavy atom. The molecule has 1 atom stereocenters. The Bertz CT molecular complexity index is 507. The van der Waals surface area contributed by atoms with Gasteiger partial charge in [0, 0.05) is 9.75 Å². The molecular weight excluding hydrogens is 228 g/mol. The van der Waals surface area contributed by atoms with Gasteiger partial charge in [0.25, 0.3) is 0 Å². The molecule has 0 fully saturated rings. The zero-order chi connectivity index (χ0) is 11.7. The number of hydrogen-bond donors (Lipinski definition) is 1. The van der Waals surface area contributed by atoms with Crippen LogP contribution in [0.4, 0.5) is 8.78 Å². The number of halogens is 2. The molecule has 1 aromatic heterocycles. The van der Waals surface area contributed by atoms with Crippen molar-refractivity contribution in [1.82, 2.24) is 0 Å². The Morgan fingerprint density at radius 3 is 2.44 bits per heavy atom. The van der Waals surface area contributed by atoms with Crippen LogP contribution < -0.4 is 5.73 Å². The highest BCUT2D eigenvalue weighted by Gasteiger charge is 2.13. The van der Waals surface area contributed by atoms with E-state index in [1.54, 1.807) is 11.3 Å². The number of hydrogen-bond acceptors (Lipinski definition) is 2. The fourth-order valence-corrected chi connectivity index (χ4v) is 2.40. The minimum atomic E-state index is -0.860. The van der Waals surface area contributed by atoms with Crippen LogP contribution in [0, 0.1) is 18.6 Å². The summed E-state index contributed by atoms with van der Waals surface area (Å²) in [4.78, 5) is 2.09. The molecule has 0 amide bonds. The Kier molecular flexibility index (Phi) is 3.03. The highest BCUT2D eigenvalue weighted by atomic mass is 32.1. The van der Waals surface area contributed by atoms with Crippen LogP contribution in [-0.4, -0.2) is 0 Å². The predicted octanol–water partition coefficient (Wildman–Crippen LogP) is 3.38. The van der Waals surface area contributed by atoms with E-state index in [0.29, 0.717) is 5.56 Å². The molecule has 1 nitrogen and oxygen atoms in total. The number of thiophene rings is 1. The van der Waals surface area contributed by atoms with Crippen molar-refractivity contribution in [2.24, 2.45) is 5.73 Å². The molecule has 0 aliphatic rings. The average Bonchev–Trinajstić information content (AvgIpc) is 2.68. The molecule has 0 spiro atoms. The topological polar surface area (TPSA) is 26.0 Å². The van der Waals surface area contributed by atoms with E-state index in [4.69, 9.17) is 5.73 Å². The SMILES string of the molecule is Cc1ccc(C(N)c2ccc(F)c(F)c2)s1. The molecular formula is C12H11F2NS. The van der Waals surface area contributed by atoms with Gasteiger partial charge in [0.1, 0.15) is 0 Å². The van der Waals surface area contributed by atoms with Crippen molar-refractivity contribution in [3.8, 4) is 0 Å². The van der Waals surface area contributed by atoms with Gasteiger partial charge in [-0.15, -0.1) is 11.3 Å². The first-order valence-corrected chi connectivity index (χ1v) is 5.66. The van der Waals surface area contributed by atoms with E-state index >= 15 is 0 Å². The molecule has 4 heteroatoms. The van der Waals surface area contributed by atoms with Crippen molar-refractivity contribution in [3.63, 3.8) is 0 Å². The third kappa shape index (κ3) is 2.13. The molecule has 2 rings (SSSR count). The molecule has 0 aliphatic heterocycles. The summed E-state index contributed by atoms with van der Waals surface area (Å²) in [7, 11) is 0. The summed E-state index contributed by atoms with van der Waals surface area (Å²) in [6.45, 7) is 1.98. The van der Waals surface area contributed by atoms with E-state index in [2.05, 4.69) is 0 Å². The number of aryl methyl sites for hydroxylation is 1. The second kappa shape index (κ2) is 4.31. The van der Waals surface area contributed by atoms with E-state index in [-0.39, 0.29) is 0 Å². The minimum absolute atomic E-state index is 0.395. The van der Waals surface area contributed by atoms with Gasteiger partial charge in [-0.05, 0) is 36.8 Å². The van der Waals surface area contributed by atoms with Crippen LogP contribution in [0.2, 0.25) is 0 Å². The minimum Gasteiger partial charge on any atom is -0.320 e. The summed E-state index contributed by atoms with van der Waals surface area (Å²) in [6, 6.07) is 7.23. The van der Waals surface area contributed by atoms with Crippen molar-refractivity contribution in [2.75, 3.05) is 0 Å². The van der Waals surface area contributed by atoms with Gasteiger partial charge in [-0.3, -0.25) is 0 Å². The highest BCUT2D eigenvalue weighted by molar-refractivity contribution is 7.12. The van der Waals surface area contributed by atoms with Crippen LogP contribution >= 0.6 is 11.3 Å². The van der Waals surface area contributed by atoms with Gasteiger partial charge in [-0.1, -0.05) is 6.07 Å². The summed E-state index contributed by atoms with van der Waals surface area (Å²) in [5, 5.41) is 0. The van der Waals surface area contributed by atoms with E-state index in [1.807, 2.05) is 19.1 Å². The number of nitrogens with two attached hydrogens (primary N) is 1. The molecule has 1 heterocycles. The Hall–Kier alpha value is -1.26. The molecule has 0 saturated carbocycles. The fourth-order valence-electron chi connectivity index (χ4n) is 1.49. The summed E-state index contributed by atoms with van der Waals surface area (Å²) >= 11 is 1.56. The third-order valence-corrected chi connectivity index (χ3v) is 3.45.